The minimum absolute atomic E-state index is 0.107. The second kappa shape index (κ2) is 48.5. The molecule has 0 spiro atoms. The molecule has 0 aromatic heterocycles. The number of ether oxygens (including phenoxy) is 3. The molecule has 60 heavy (non-hydrogen) atoms. The Kier molecular flexibility index (Phi) is 46.0. The summed E-state index contributed by atoms with van der Waals surface area (Å²) in [6.07, 6.45) is 60.4. The molecule has 1 atom stereocenters. The summed E-state index contributed by atoms with van der Waals surface area (Å²) in [7, 11) is 0. The highest BCUT2D eigenvalue weighted by molar-refractivity contribution is 5.71. The zero-order valence-corrected chi connectivity index (χ0v) is 39.2. The molecule has 0 heterocycles. The van der Waals surface area contributed by atoms with E-state index in [1.54, 1.807) is 0 Å². The van der Waals surface area contributed by atoms with E-state index in [0.717, 1.165) is 83.5 Å². The molecule has 0 amide bonds. The highest BCUT2D eigenvalue weighted by Crippen LogP contribution is 2.14. The van der Waals surface area contributed by atoms with Crippen LogP contribution < -0.4 is 0 Å². The molecule has 344 valence electrons. The van der Waals surface area contributed by atoms with E-state index >= 15 is 0 Å². The Morgan fingerprint density at radius 2 is 0.683 bits per heavy atom. The minimum Gasteiger partial charge on any atom is -0.462 e. The summed E-state index contributed by atoms with van der Waals surface area (Å²) in [4.78, 5) is 37.8. The number of esters is 3. The Bertz CT molecular complexity index is 1140. The third-order valence-corrected chi connectivity index (χ3v) is 10.5. The molecule has 0 aliphatic heterocycles. The molecule has 0 aliphatic rings. The van der Waals surface area contributed by atoms with Crippen molar-refractivity contribution in [3.05, 3.63) is 72.9 Å². The van der Waals surface area contributed by atoms with Crippen molar-refractivity contribution >= 4 is 17.9 Å². The van der Waals surface area contributed by atoms with Crippen LogP contribution in [0.1, 0.15) is 233 Å². The van der Waals surface area contributed by atoms with Gasteiger partial charge in [0.05, 0.1) is 0 Å². The quantitative estimate of drug-likeness (QED) is 0.0263. The van der Waals surface area contributed by atoms with Gasteiger partial charge in [-0.2, -0.15) is 0 Å². The highest BCUT2D eigenvalue weighted by atomic mass is 16.6. The van der Waals surface area contributed by atoms with E-state index in [2.05, 4.69) is 87.6 Å². The van der Waals surface area contributed by atoms with Gasteiger partial charge in [-0.05, 0) is 77.0 Å². The molecule has 0 aromatic rings. The molecular weight excluding hydrogens is 745 g/mol. The zero-order valence-electron chi connectivity index (χ0n) is 39.2. The smallest absolute Gasteiger partial charge is 0.306 e. The fourth-order valence-corrected chi connectivity index (χ4v) is 6.72. The van der Waals surface area contributed by atoms with Gasteiger partial charge >= 0.3 is 17.9 Å². The highest BCUT2D eigenvalue weighted by Gasteiger charge is 2.19. The molecule has 0 rings (SSSR count). The Morgan fingerprint density at radius 1 is 0.350 bits per heavy atom. The van der Waals surface area contributed by atoms with Crippen LogP contribution in [0, 0.1) is 0 Å². The predicted octanol–water partition coefficient (Wildman–Crippen LogP) is 16.3. The van der Waals surface area contributed by atoms with E-state index in [4.69, 9.17) is 14.2 Å². The summed E-state index contributed by atoms with van der Waals surface area (Å²) in [5.41, 5.74) is 0. The Hall–Kier alpha value is -3.15. The second-order valence-corrected chi connectivity index (χ2v) is 16.3. The second-order valence-electron chi connectivity index (χ2n) is 16.3. The Balaban J connectivity index is 4.49. The van der Waals surface area contributed by atoms with E-state index < -0.39 is 6.10 Å². The first kappa shape index (κ1) is 56.9. The summed E-state index contributed by atoms with van der Waals surface area (Å²) in [5.74, 6) is -1.01. The van der Waals surface area contributed by atoms with E-state index in [0.29, 0.717) is 19.3 Å². The lowest BCUT2D eigenvalue weighted by Gasteiger charge is -2.18. The number of carbonyl (C=O) groups is 3. The van der Waals surface area contributed by atoms with Gasteiger partial charge in [0.2, 0.25) is 0 Å². The molecule has 0 bridgehead atoms. The number of rotatable bonds is 44. The third-order valence-electron chi connectivity index (χ3n) is 10.5. The summed E-state index contributed by atoms with van der Waals surface area (Å²) in [5, 5.41) is 0. The van der Waals surface area contributed by atoms with E-state index in [-0.39, 0.29) is 37.5 Å². The minimum atomic E-state index is -0.816. The first-order chi connectivity index (χ1) is 29.5. The van der Waals surface area contributed by atoms with Crippen LogP contribution in [-0.2, 0) is 28.6 Å². The van der Waals surface area contributed by atoms with Crippen LogP contribution in [0.15, 0.2) is 72.9 Å². The zero-order chi connectivity index (χ0) is 43.7. The third kappa shape index (κ3) is 45.9. The summed E-state index contributed by atoms with van der Waals surface area (Å²) in [6, 6.07) is 0. The maximum atomic E-state index is 12.7. The summed E-state index contributed by atoms with van der Waals surface area (Å²) >= 11 is 0. The number of carbonyl (C=O) groups excluding carboxylic acids is 3. The van der Waals surface area contributed by atoms with Crippen molar-refractivity contribution in [3.8, 4) is 0 Å². The van der Waals surface area contributed by atoms with Gasteiger partial charge in [0.25, 0.3) is 0 Å². The first-order valence-corrected chi connectivity index (χ1v) is 24.9. The molecular formula is C54H92O6. The molecule has 0 aromatic carbocycles. The number of hydrogen-bond acceptors (Lipinski definition) is 6. The predicted molar refractivity (Wildman–Crippen MR) is 256 cm³/mol. The van der Waals surface area contributed by atoms with Crippen LogP contribution >= 0.6 is 0 Å². The van der Waals surface area contributed by atoms with Gasteiger partial charge in [-0.3, -0.25) is 14.4 Å². The van der Waals surface area contributed by atoms with Gasteiger partial charge in [-0.1, -0.05) is 209 Å². The Morgan fingerprint density at radius 3 is 1.10 bits per heavy atom. The lowest BCUT2D eigenvalue weighted by Crippen LogP contribution is -2.30. The summed E-state index contributed by atoms with van der Waals surface area (Å²) in [6.45, 7) is 6.43. The van der Waals surface area contributed by atoms with Crippen LogP contribution in [0.2, 0.25) is 0 Å². The molecule has 0 saturated carbocycles. The lowest BCUT2D eigenvalue weighted by molar-refractivity contribution is -0.166. The fraction of sp³-hybridized carbons (Fsp3) is 0.722. The SMILES string of the molecule is CC/C=C\C/C=C\C/C=C\C/C=C\CCCCCC(=O)OCC(COC(=O)CCCCCCCCCCCCCCC)OC(=O)CC/C=C\C/C=C\CCCCCCCC. The average Bonchev–Trinajstić information content (AvgIpc) is 3.24. The van der Waals surface area contributed by atoms with Gasteiger partial charge in [0, 0.05) is 19.3 Å². The normalized spacial score (nSPS) is 12.7. The fourth-order valence-electron chi connectivity index (χ4n) is 6.72. The Labute approximate surface area is 370 Å². The van der Waals surface area contributed by atoms with Crippen molar-refractivity contribution in [3.63, 3.8) is 0 Å². The molecule has 0 fully saturated rings. The molecule has 0 N–H and O–H groups in total. The van der Waals surface area contributed by atoms with E-state index in [9.17, 15) is 14.4 Å². The monoisotopic (exact) mass is 837 g/mol. The lowest BCUT2D eigenvalue weighted by atomic mass is 10.0. The van der Waals surface area contributed by atoms with Crippen LogP contribution in [0.25, 0.3) is 0 Å². The molecule has 0 saturated heterocycles. The molecule has 6 heteroatoms. The summed E-state index contributed by atoms with van der Waals surface area (Å²) < 4.78 is 16.7. The number of unbranched alkanes of at least 4 members (excludes halogenated alkanes) is 21. The van der Waals surface area contributed by atoms with Gasteiger partial charge in [0.15, 0.2) is 6.10 Å². The van der Waals surface area contributed by atoms with Crippen LogP contribution in [0.4, 0.5) is 0 Å². The van der Waals surface area contributed by atoms with Crippen molar-refractivity contribution in [2.75, 3.05) is 13.2 Å². The maximum absolute atomic E-state index is 12.7. The van der Waals surface area contributed by atoms with Crippen molar-refractivity contribution in [2.24, 2.45) is 0 Å². The van der Waals surface area contributed by atoms with Crippen molar-refractivity contribution in [2.45, 2.75) is 239 Å². The maximum Gasteiger partial charge on any atom is 0.306 e. The van der Waals surface area contributed by atoms with Crippen LogP contribution in [0.3, 0.4) is 0 Å². The molecule has 0 aliphatic carbocycles. The largest absolute Gasteiger partial charge is 0.462 e. The van der Waals surface area contributed by atoms with Gasteiger partial charge in [-0.15, -0.1) is 0 Å². The van der Waals surface area contributed by atoms with Crippen molar-refractivity contribution < 1.29 is 28.6 Å². The topological polar surface area (TPSA) is 78.9 Å². The number of hydrogen-bond donors (Lipinski definition) is 0. The van der Waals surface area contributed by atoms with Crippen molar-refractivity contribution in [1.29, 1.82) is 0 Å². The number of allylic oxidation sites excluding steroid dienone is 12. The van der Waals surface area contributed by atoms with Gasteiger partial charge < -0.3 is 14.2 Å². The van der Waals surface area contributed by atoms with E-state index in [1.807, 2.05) is 6.08 Å². The molecule has 6 nitrogen and oxygen atoms in total. The molecule has 1 unspecified atom stereocenters. The van der Waals surface area contributed by atoms with Crippen LogP contribution in [0.5, 0.6) is 0 Å². The standard InChI is InChI=1S/C54H92O6/c1-4-7-10-13-16-19-22-25-26-27-30-32-35-38-41-44-47-53(56)59-50-51(60-54(57)48-45-42-39-36-33-29-24-21-18-15-12-9-6-3)49-58-52(55)46-43-40-37-34-31-28-23-20-17-14-11-8-5-2/h7,10,16,19,25-26,29-30,32-33,39,42,51H,4-6,8-9,11-15,17-18,20-24,27-28,31,34-38,40-41,43-50H2,1-3H3/b10-7-,19-16-,26-25-,32-30-,33-29-,42-39-. The van der Waals surface area contributed by atoms with Crippen LogP contribution in [-0.4, -0.2) is 37.2 Å². The van der Waals surface area contributed by atoms with Crippen molar-refractivity contribution in [1.82, 2.24) is 0 Å². The average molecular weight is 837 g/mol. The first-order valence-electron chi connectivity index (χ1n) is 24.9. The van der Waals surface area contributed by atoms with E-state index in [1.165, 1.54) is 103 Å². The van der Waals surface area contributed by atoms with Gasteiger partial charge in [-0.25, -0.2) is 0 Å². The molecule has 0 radical (unpaired) electrons. The van der Waals surface area contributed by atoms with Gasteiger partial charge in [0.1, 0.15) is 13.2 Å².